The summed E-state index contributed by atoms with van der Waals surface area (Å²) < 4.78 is 0. The van der Waals surface area contributed by atoms with E-state index in [4.69, 9.17) is 5.11 Å². The summed E-state index contributed by atoms with van der Waals surface area (Å²) in [5.74, 6) is 0. The number of hydrogen-bond donors (Lipinski definition) is 2. The summed E-state index contributed by atoms with van der Waals surface area (Å²) >= 11 is 0. The van der Waals surface area contributed by atoms with Crippen LogP contribution in [0.1, 0.15) is 24.2 Å². The minimum Gasteiger partial charge on any atom is -0.396 e. The maximum Gasteiger partial charge on any atom is 0.0995 e. The predicted octanol–water partition coefficient (Wildman–Crippen LogP) is 3.52. The van der Waals surface area contributed by atoms with Gasteiger partial charge in [-0.25, -0.2) is 0 Å². The van der Waals surface area contributed by atoms with Gasteiger partial charge < -0.3 is 10.2 Å². The van der Waals surface area contributed by atoms with Gasteiger partial charge in [-0.1, -0.05) is 67.2 Å². The van der Waals surface area contributed by atoms with Gasteiger partial charge in [0.15, 0.2) is 0 Å². The molecule has 0 saturated heterocycles. The zero-order chi connectivity index (χ0) is 14.8. The van der Waals surface area contributed by atoms with E-state index in [1.165, 1.54) is 5.56 Å². The Morgan fingerprint density at radius 2 is 1.50 bits per heavy atom. The van der Waals surface area contributed by atoms with Gasteiger partial charge >= 0.3 is 0 Å². The largest absolute Gasteiger partial charge is 0.396 e. The van der Waals surface area contributed by atoms with Crippen LogP contribution in [0.4, 0.5) is 0 Å². The molecule has 0 spiro atoms. The van der Waals surface area contributed by atoms with Gasteiger partial charge in [0.25, 0.3) is 0 Å². The molecule has 2 aromatic carbocycles. The number of rotatable bonds is 4. The summed E-state index contributed by atoms with van der Waals surface area (Å²) in [6.45, 7) is 5.74. The third kappa shape index (κ3) is 5.83. The first-order chi connectivity index (χ1) is 9.65. The molecule has 0 radical (unpaired) electrons. The van der Waals surface area contributed by atoms with Gasteiger partial charge in [0, 0.05) is 6.61 Å². The Morgan fingerprint density at radius 3 is 1.95 bits per heavy atom. The first-order valence-corrected chi connectivity index (χ1v) is 6.68. The molecule has 0 aliphatic rings. The van der Waals surface area contributed by atoms with Crippen LogP contribution in [0, 0.1) is 0 Å². The average Bonchev–Trinajstić information content (AvgIpc) is 2.49. The van der Waals surface area contributed by atoms with Gasteiger partial charge in [0.1, 0.15) is 0 Å². The Balaban J connectivity index is 0.000000204. The zero-order valence-electron chi connectivity index (χ0n) is 11.9. The van der Waals surface area contributed by atoms with Crippen molar-refractivity contribution in [3.63, 3.8) is 0 Å². The monoisotopic (exact) mass is 270 g/mol. The van der Waals surface area contributed by atoms with Crippen LogP contribution >= 0.6 is 0 Å². The van der Waals surface area contributed by atoms with E-state index >= 15 is 0 Å². The van der Waals surface area contributed by atoms with E-state index in [1.807, 2.05) is 67.6 Å². The molecule has 0 saturated carbocycles. The lowest BCUT2D eigenvalue weighted by atomic mass is 10.0. The fourth-order valence-electron chi connectivity index (χ4n) is 1.69. The third-order valence-corrected chi connectivity index (χ3v) is 2.83. The molecule has 0 aliphatic heterocycles. The van der Waals surface area contributed by atoms with E-state index in [1.54, 1.807) is 0 Å². The van der Waals surface area contributed by atoms with Gasteiger partial charge in [-0.05, 0) is 30.0 Å². The van der Waals surface area contributed by atoms with Gasteiger partial charge in [-0.15, -0.1) is 0 Å². The minimum absolute atomic E-state index is 0.240. The number of benzene rings is 2. The van der Waals surface area contributed by atoms with Crippen molar-refractivity contribution in [2.45, 2.75) is 19.4 Å². The van der Waals surface area contributed by atoms with Crippen LogP contribution in [0.3, 0.4) is 0 Å². The van der Waals surface area contributed by atoms with Crippen LogP contribution in [0.2, 0.25) is 0 Å². The van der Waals surface area contributed by atoms with Gasteiger partial charge in [-0.2, -0.15) is 0 Å². The maximum absolute atomic E-state index is 9.50. The van der Waals surface area contributed by atoms with Crippen molar-refractivity contribution in [1.82, 2.24) is 0 Å². The molecule has 1 atom stereocenters. The van der Waals surface area contributed by atoms with Crippen molar-refractivity contribution in [3.8, 4) is 0 Å². The summed E-state index contributed by atoms with van der Waals surface area (Å²) in [6.07, 6.45) is 0.247. The van der Waals surface area contributed by atoms with Crippen molar-refractivity contribution >= 4 is 0 Å². The highest BCUT2D eigenvalue weighted by atomic mass is 16.3. The average molecular weight is 270 g/mol. The Hall–Kier alpha value is -1.90. The quantitative estimate of drug-likeness (QED) is 0.835. The first kappa shape index (κ1) is 16.2. The normalized spacial score (nSPS) is 11.2. The summed E-state index contributed by atoms with van der Waals surface area (Å²) in [7, 11) is 0. The van der Waals surface area contributed by atoms with Crippen LogP contribution in [0.25, 0.3) is 0 Å². The Bertz CT molecular complexity index is 491. The van der Waals surface area contributed by atoms with Crippen molar-refractivity contribution in [1.29, 1.82) is 0 Å². The van der Waals surface area contributed by atoms with Crippen LogP contribution < -0.4 is 0 Å². The van der Waals surface area contributed by atoms with Crippen molar-refractivity contribution in [2.24, 2.45) is 0 Å². The third-order valence-electron chi connectivity index (χ3n) is 2.83. The standard InChI is InChI=1S/C10H12O.C8H10O/c1-8(2)10(11)9-6-4-3-5-7-9;9-7-6-8-4-2-1-3-5-8/h3-7,10-11H,1H2,2H3;1-5,9H,6-7H2. The molecule has 2 nitrogen and oxygen atoms in total. The second kappa shape index (κ2) is 9.08. The minimum atomic E-state index is -0.517. The molecule has 2 aromatic rings. The predicted molar refractivity (Wildman–Crippen MR) is 83.4 cm³/mol. The first-order valence-electron chi connectivity index (χ1n) is 6.68. The molecule has 0 aliphatic carbocycles. The van der Waals surface area contributed by atoms with E-state index in [0.29, 0.717) is 0 Å². The molecule has 0 amide bonds. The number of aliphatic hydroxyl groups excluding tert-OH is 2. The number of aliphatic hydroxyl groups is 2. The van der Waals surface area contributed by atoms with E-state index in [2.05, 4.69) is 6.58 Å². The van der Waals surface area contributed by atoms with Gasteiger partial charge in [0.2, 0.25) is 0 Å². The van der Waals surface area contributed by atoms with Crippen LogP contribution in [-0.4, -0.2) is 16.8 Å². The molecule has 2 N–H and O–H groups in total. The van der Waals surface area contributed by atoms with Gasteiger partial charge in [-0.3, -0.25) is 0 Å². The smallest absolute Gasteiger partial charge is 0.0995 e. The lowest BCUT2D eigenvalue weighted by Gasteiger charge is -2.09. The van der Waals surface area contributed by atoms with E-state index in [9.17, 15) is 5.11 Å². The van der Waals surface area contributed by atoms with Gasteiger partial charge in [0.05, 0.1) is 6.10 Å². The summed E-state index contributed by atoms with van der Waals surface area (Å²) in [5.41, 5.74) is 2.87. The van der Waals surface area contributed by atoms with Crippen molar-refractivity contribution < 1.29 is 10.2 Å². The summed E-state index contributed by atoms with van der Waals surface area (Å²) in [4.78, 5) is 0. The Morgan fingerprint density at radius 1 is 1.00 bits per heavy atom. The van der Waals surface area contributed by atoms with Crippen LogP contribution in [0.5, 0.6) is 0 Å². The molecular formula is C18H22O2. The molecule has 20 heavy (non-hydrogen) atoms. The Kier molecular flexibility index (Phi) is 7.33. The zero-order valence-corrected chi connectivity index (χ0v) is 11.9. The second-order valence-electron chi connectivity index (χ2n) is 4.62. The lowest BCUT2D eigenvalue weighted by molar-refractivity contribution is 0.216. The molecule has 0 heterocycles. The highest BCUT2D eigenvalue weighted by Crippen LogP contribution is 2.18. The topological polar surface area (TPSA) is 40.5 Å². The molecule has 1 unspecified atom stereocenters. The van der Waals surface area contributed by atoms with Crippen molar-refractivity contribution in [3.05, 3.63) is 83.9 Å². The van der Waals surface area contributed by atoms with Crippen LogP contribution in [-0.2, 0) is 6.42 Å². The second-order valence-corrected chi connectivity index (χ2v) is 4.62. The maximum atomic E-state index is 9.50. The van der Waals surface area contributed by atoms with E-state index in [-0.39, 0.29) is 6.61 Å². The molecular weight excluding hydrogens is 248 g/mol. The van der Waals surface area contributed by atoms with Crippen molar-refractivity contribution in [2.75, 3.05) is 6.61 Å². The lowest BCUT2D eigenvalue weighted by Crippen LogP contribution is -1.96. The Labute approximate surface area is 121 Å². The molecule has 106 valence electrons. The van der Waals surface area contributed by atoms with Crippen LogP contribution in [0.15, 0.2) is 72.8 Å². The molecule has 0 bridgehead atoms. The molecule has 0 fully saturated rings. The van der Waals surface area contributed by atoms with E-state index < -0.39 is 6.10 Å². The fourth-order valence-corrected chi connectivity index (χ4v) is 1.69. The molecule has 0 aromatic heterocycles. The van der Waals surface area contributed by atoms with E-state index in [0.717, 1.165) is 17.6 Å². The molecule has 2 rings (SSSR count). The number of hydrogen-bond acceptors (Lipinski definition) is 2. The molecule has 2 heteroatoms. The highest BCUT2D eigenvalue weighted by molar-refractivity contribution is 5.23. The summed E-state index contributed by atoms with van der Waals surface area (Å²) in [5, 5.41) is 18.0. The SMILES string of the molecule is C=C(C)C(O)c1ccccc1.OCCc1ccccc1. The highest BCUT2D eigenvalue weighted by Gasteiger charge is 2.05. The fraction of sp³-hybridized carbons (Fsp3) is 0.222. The summed E-state index contributed by atoms with van der Waals surface area (Å²) in [6, 6.07) is 19.5.